The zero-order valence-electron chi connectivity index (χ0n) is 9.55. The molecule has 0 unspecified atom stereocenters. The molecule has 0 saturated carbocycles. The first kappa shape index (κ1) is 17.7. The normalized spacial score (nSPS) is 13.7. The first-order valence-corrected chi connectivity index (χ1v) is 6.73. The van der Waals surface area contributed by atoms with Crippen molar-refractivity contribution in [3.63, 3.8) is 0 Å². The number of alkyl halides is 7. The van der Waals surface area contributed by atoms with Crippen molar-refractivity contribution in [3.05, 3.63) is 32.7 Å². The van der Waals surface area contributed by atoms with Gasteiger partial charge in [-0.1, -0.05) is 31.9 Å². The zero-order valence-corrected chi connectivity index (χ0v) is 12.7. The molecule has 0 aromatic heterocycles. The zero-order chi connectivity index (χ0) is 15.8. The number of hydrogen-bond donors (Lipinski definition) is 0. The molecule has 0 fully saturated rings. The molecule has 0 nitrogen and oxygen atoms in total. The maximum Gasteiger partial charge on any atom is 0.431 e. The van der Waals surface area contributed by atoms with E-state index < -0.39 is 30.9 Å². The van der Waals surface area contributed by atoms with Crippen molar-refractivity contribution >= 4 is 31.9 Å². The third kappa shape index (κ3) is 3.87. The average molecular weight is 432 g/mol. The topological polar surface area (TPSA) is 0 Å². The van der Waals surface area contributed by atoms with E-state index in [2.05, 4.69) is 31.9 Å². The Hall–Kier alpha value is -0.310. The first-order valence-electron chi connectivity index (χ1n) is 5.14. The number of aryl methyl sites for hydroxylation is 1. The van der Waals surface area contributed by atoms with Gasteiger partial charge in [-0.05, 0) is 30.2 Å². The van der Waals surface area contributed by atoms with E-state index in [-0.39, 0.29) is 5.56 Å². The second-order valence-corrected chi connectivity index (χ2v) is 5.91. The van der Waals surface area contributed by atoms with Gasteiger partial charge in [-0.15, -0.1) is 0 Å². The highest BCUT2D eigenvalue weighted by atomic mass is 79.9. The fourth-order valence-corrected chi connectivity index (χ4v) is 2.90. The number of benzene rings is 1. The van der Waals surface area contributed by atoms with E-state index in [4.69, 9.17) is 0 Å². The van der Waals surface area contributed by atoms with Gasteiger partial charge in [0.05, 0.1) is 0 Å². The fraction of sp³-hybridized carbons (Fsp3) is 0.455. The molecule has 0 N–H and O–H groups in total. The molecule has 0 heterocycles. The van der Waals surface area contributed by atoms with Gasteiger partial charge in [-0.25, -0.2) is 4.39 Å². The van der Waals surface area contributed by atoms with Gasteiger partial charge in [0, 0.05) is 15.4 Å². The molecule has 1 rings (SSSR count). The Bertz CT molecular complexity index is 444. The quantitative estimate of drug-likeness (QED) is 0.516. The highest BCUT2D eigenvalue weighted by Crippen LogP contribution is 2.48. The van der Waals surface area contributed by atoms with Gasteiger partial charge in [-0.3, -0.25) is 0 Å². The van der Waals surface area contributed by atoms with Gasteiger partial charge in [0.1, 0.15) is 0 Å². The van der Waals surface area contributed by atoms with E-state index in [9.17, 15) is 30.7 Å². The van der Waals surface area contributed by atoms with E-state index >= 15 is 0 Å². The second kappa shape index (κ2) is 5.82. The summed E-state index contributed by atoms with van der Waals surface area (Å²) in [7, 11) is 0. The van der Waals surface area contributed by atoms with Crippen LogP contribution in [-0.2, 0) is 6.42 Å². The summed E-state index contributed by atoms with van der Waals surface area (Å²) in [5, 5.41) is 0. The Morgan fingerprint density at radius 1 is 0.750 bits per heavy atom. The molecule has 1 aromatic carbocycles. The van der Waals surface area contributed by atoms with Gasteiger partial charge in [-0.2, -0.15) is 26.3 Å². The lowest BCUT2D eigenvalue weighted by Gasteiger charge is -2.30. The summed E-state index contributed by atoms with van der Waals surface area (Å²) in [4.78, 5) is 0. The maximum atomic E-state index is 13.4. The molecule has 0 atom stereocenters. The van der Waals surface area contributed by atoms with Crippen LogP contribution in [0.5, 0.6) is 0 Å². The van der Waals surface area contributed by atoms with Crippen LogP contribution in [0.25, 0.3) is 0 Å². The fourth-order valence-electron chi connectivity index (χ4n) is 1.52. The summed E-state index contributed by atoms with van der Waals surface area (Å²) < 4.78 is 88.4. The molecule has 9 heteroatoms. The molecule has 0 saturated heterocycles. The Balaban J connectivity index is 2.99. The van der Waals surface area contributed by atoms with Gasteiger partial charge < -0.3 is 0 Å². The molecule has 0 aliphatic rings. The molecule has 1 aromatic rings. The lowest BCUT2D eigenvalue weighted by molar-refractivity contribution is -0.343. The monoisotopic (exact) mass is 430 g/mol. The van der Waals surface area contributed by atoms with Crippen LogP contribution in [0.4, 0.5) is 30.7 Å². The number of hydrogen-bond acceptors (Lipinski definition) is 0. The van der Waals surface area contributed by atoms with Crippen molar-refractivity contribution in [1.29, 1.82) is 0 Å². The van der Waals surface area contributed by atoms with Crippen molar-refractivity contribution in [1.82, 2.24) is 0 Å². The minimum atomic E-state index is -6.01. The van der Waals surface area contributed by atoms with E-state index in [0.29, 0.717) is 8.95 Å². The molecule has 0 aliphatic carbocycles. The molecule has 0 bridgehead atoms. The summed E-state index contributed by atoms with van der Waals surface area (Å²) in [6, 6.07) is 4.22. The smallest absolute Gasteiger partial charge is 0.224 e. The minimum Gasteiger partial charge on any atom is -0.224 e. The molecule has 114 valence electrons. The predicted octanol–water partition coefficient (Wildman–Crippen LogP) is 5.98. The van der Waals surface area contributed by atoms with E-state index in [1.54, 1.807) is 6.07 Å². The first-order chi connectivity index (χ1) is 8.87. The third-order valence-corrected chi connectivity index (χ3v) is 3.49. The molecule has 0 radical (unpaired) electrons. The maximum absolute atomic E-state index is 13.4. The molecular formula is C11H7Br2F7. The van der Waals surface area contributed by atoms with Crippen LogP contribution >= 0.6 is 31.9 Å². The molecule has 0 spiro atoms. The van der Waals surface area contributed by atoms with Gasteiger partial charge in [0.2, 0.25) is 0 Å². The number of rotatable bonds is 3. The standard InChI is InChI=1S/C11H7Br2F7/c12-7-3-6(4-8(13)5-7)1-2-9(14,10(15,16)17)11(18,19)20/h3-5H,1-2H2. The number of halogens is 9. The van der Waals surface area contributed by atoms with Crippen LogP contribution in [0.3, 0.4) is 0 Å². The molecule has 0 aliphatic heterocycles. The highest BCUT2D eigenvalue weighted by molar-refractivity contribution is 9.11. The SMILES string of the molecule is FC(F)(F)C(F)(CCc1cc(Br)cc(Br)c1)C(F)(F)F. The van der Waals surface area contributed by atoms with E-state index in [1.807, 2.05) is 0 Å². The molecular weight excluding hydrogens is 425 g/mol. The van der Waals surface area contributed by atoms with Crippen molar-refractivity contribution in [2.75, 3.05) is 0 Å². The summed E-state index contributed by atoms with van der Waals surface area (Å²) in [6.45, 7) is 0. The third-order valence-electron chi connectivity index (χ3n) is 2.58. The van der Waals surface area contributed by atoms with Gasteiger partial charge in [0.25, 0.3) is 5.67 Å². The van der Waals surface area contributed by atoms with Crippen molar-refractivity contribution in [2.45, 2.75) is 30.9 Å². The minimum absolute atomic E-state index is 0.154. The van der Waals surface area contributed by atoms with Gasteiger partial charge >= 0.3 is 12.4 Å². The summed E-state index contributed by atoms with van der Waals surface area (Å²) in [5.41, 5.74) is -5.06. The van der Waals surface area contributed by atoms with Crippen molar-refractivity contribution in [2.24, 2.45) is 0 Å². The van der Waals surface area contributed by atoms with Crippen LogP contribution in [0.15, 0.2) is 27.1 Å². The van der Waals surface area contributed by atoms with E-state index in [0.717, 1.165) is 0 Å². The highest BCUT2D eigenvalue weighted by Gasteiger charge is 2.71. The van der Waals surface area contributed by atoms with Gasteiger partial charge in [0.15, 0.2) is 0 Å². The summed E-state index contributed by atoms with van der Waals surface area (Å²) >= 11 is 6.09. The predicted molar refractivity (Wildman–Crippen MR) is 66.1 cm³/mol. The second-order valence-electron chi connectivity index (χ2n) is 4.07. The Morgan fingerprint density at radius 2 is 1.15 bits per heavy atom. The lowest BCUT2D eigenvalue weighted by Crippen LogP contribution is -2.53. The largest absolute Gasteiger partial charge is 0.431 e. The van der Waals surface area contributed by atoms with Crippen molar-refractivity contribution in [3.8, 4) is 0 Å². The van der Waals surface area contributed by atoms with Crippen LogP contribution in [0.2, 0.25) is 0 Å². The Morgan fingerprint density at radius 3 is 1.50 bits per heavy atom. The average Bonchev–Trinajstić information content (AvgIpc) is 2.21. The summed E-state index contributed by atoms with van der Waals surface area (Å²) in [5.74, 6) is 0. The van der Waals surface area contributed by atoms with Crippen LogP contribution < -0.4 is 0 Å². The Labute approximate surface area is 126 Å². The van der Waals surface area contributed by atoms with Crippen molar-refractivity contribution < 1.29 is 30.7 Å². The van der Waals surface area contributed by atoms with E-state index in [1.165, 1.54) is 12.1 Å². The van der Waals surface area contributed by atoms with Crippen LogP contribution in [0.1, 0.15) is 12.0 Å². The molecule has 0 amide bonds. The van der Waals surface area contributed by atoms with Crippen LogP contribution in [0, 0.1) is 0 Å². The molecule has 20 heavy (non-hydrogen) atoms. The lowest BCUT2D eigenvalue weighted by atomic mass is 9.95. The summed E-state index contributed by atoms with van der Waals surface area (Å²) in [6.07, 6.45) is -14.4. The Kier molecular flexibility index (Phi) is 5.17. The van der Waals surface area contributed by atoms with Crippen LogP contribution in [-0.4, -0.2) is 18.0 Å².